The molecule has 2 aliphatic rings. The number of carbonyl (C=O) groups is 2. The summed E-state index contributed by atoms with van der Waals surface area (Å²) >= 11 is 0. The standard InChI is InChI=1S/C16H9N3O2/c20-15-7-8-16(21)19(15)12-4-1-10(2-5-12)13-6-3-11-9-14(13)18-17-11/h1-9H. The van der Waals surface area contributed by atoms with Crippen LogP contribution in [0.3, 0.4) is 0 Å². The lowest BCUT2D eigenvalue weighted by Gasteiger charge is -2.14. The minimum Gasteiger partial charge on any atom is -0.269 e. The van der Waals surface area contributed by atoms with E-state index in [1.54, 1.807) is 12.1 Å². The van der Waals surface area contributed by atoms with Gasteiger partial charge in [0.1, 0.15) is 0 Å². The van der Waals surface area contributed by atoms with Crippen LogP contribution in [-0.4, -0.2) is 11.8 Å². The Hall–Kier alpha value is -3.08. The second kappa shape index (κ2) is 4.21. The summed E-state index contributed by atoms with van der Waals surface area (Å²) in [6.45, 7) is 0. The lowest BCUT2D eigenvalue weighted by Crippen LogP contribution is -2.29. The number of rotatable bonds is 2. The van der Waals surface area contributed by atoms with Crippen molar-refractivity contribution in [1.82, 2.24) is 0 Å². The molecule has 2 aromatic rings. The maximum atomic E-state index is 11.6. The van der Waals surface area contributed by atoms with Crippen LogP contribution >= 0.6 is 0 Å². The zero-order chi connectivity index (χ0) is 14.4. The minimum absolute atomic E-state index is 0.315. The summed E-state index contributed by atoms with van der Waals surface area (Å²) in [6, 6.07) is 13.0. The summed E-state index contributed by atoms with van der Waals surface area (Å²) in [5, 5.41) is 8.11. The Labute approximate surface area is 120 Å². The summed E-state index contributed by atoms with van der Waals surface area (Å²) in [4.78, 5) is 24.4. The van der Waals surface area contributed by atoms with Crippen molar-refractivity contribution in [3.63, 3.8) is 0 Å². The van der Waals surface area contributed by atoms with Crippen molar-refractivity contribution in [3.8, 4) is 11.1 Å². The second-order valence-corrected chi connectivity index (χ2v) is 4.79. The molecule has 100 valence electrons. The van der Waals surface area contributed by atoms with E-state index in [1.807, 2.05) is 30.3 Å². The molecule has 0 radical (unpaired) electrons. The van der Waals surface area contributed by atoms with E-state index in [0.717, 1.165) is 27.4 Å². The highest BCUT2D eigenvalue weighted by molar-refractivity contribution is 6.28. The predicted molar refractivity (Wildman–Crippen MR) is 77.7 cm³/mol. The molecule has 2 aliphatic heterocycles. The largest absolute Gasteiger partial charge is 0.269 e. The monoisotopic (exact) mass is 275 g/mol. The van der Waals surface area contributed by atoms with Gasteiger partial charge in [0.2, 0.25) is 0 Å². The smallest absolute Gasteiger partial charge is 0.258 e. The second-order valence-electron chi connectivity index (χ2n) is 4.79. The molecule has 2 aromatic carbocycles. The molecule has 5 nitrogen and oxygen atoms in total. The number of nitrogens with zero attached hydrogens (tertiary/aromatic N) is 3. The third-order valence-corrected chi connectivity index (χ3v) is 3.50. The van der Waals surface area contributed by atoms with Gasteiger partial charge in [-0.15, -0.1) is 5.11 Å². The van der Waals surface area contributed by atoms with Crippen LogP contribution in [0.5, 0.6) is 0 Å². The Kier molecular flexibility index (Phi) is 2.35. The van der Waals surface area contributed by atoms with E-state index in [0.29, 0.717) is 5.69 Å². The predicted octanol–water partition coefficient (Wildman–Crippen LogP) is 3.51. The molecule has 0 aromatic heterocycles. The Bertz CT molecular complexity index is 817. The zero-order valence-corrected chi connectivity index (χ0v) is 10.9. The third-order valence-electron chi connectivity index (χ3n) is 3.50. The molecule has 4 rings (SSSR count). The molecular weight excluding hydrogens is 266 g/mol. The van der Waals surface area contributed by atoms with Crippen LogP contribution < -0.4 is 4.90 Å². The molecule has 5 heteroatoms. The summed E-state index contributed by atoms with van der Waals surface area (Å²) in [5.41, 5.74) is 4.19. The zero-order valence-electron chi connectivity index (χ0n) is 10.9. The highest BCUT2D eigenvalue weighted by atomic mass is 16.2. The third kappa shape index (κ3) is 1.79. The van der Waals surface area contributed by atoms with Gasteiger partial charge >= 0.3 is 0 Å². The normalized spacial score (nSPS) is 15.3. The maximum Gasteiger partial charge on any atom is 0.258 e. The van der Waals surface area contributed by atoms with Crippen molar-refractivity contribution in [2.45, 2.75) is 0 Å². The summed E-state index contributed by atoms with van der Waals surface area (Å²) in [5.74, 6) is -0.631. The molecule has 0 spiro atoms. The van der Waals surface area contributed by atoms with Crippen LogP contribution in [0.15, 0.2) is 64.8 Å². The fourth-order valence-electron chi connectivity index (χ4n) is 2.47. The number of anilines is 1. The van der Waals surface area contributed by atoms with Crippen molar-refractivity contribution in [3.05, 3.63) is 54.6 Å². The maximum absolute atomic E-state index is 11.6. The first-order valence-electron chi connectivity index (χ1n) is 6.45. The van der Waals surface area contributed by atoms with E-state index < -0.39 is 0 Å². The Morgan fingerprint density at radius 3 is 2.24 bits per heavy atom. The Balaban J connectivity index is 1.70. The van der Waals surface area contributed by atoms with Gasteiger partial charge in [-0.2, -0.15) is 5.11 Å². The highest BCUT2D eigenvalue weighted by Crippen LogP contribution is 2.39. The van der Waals surface area contributed by atoms with Crippen molar-refractivity contribution in [2.24, 2.45) is 10.2 Å². The van der Waals surface area contributed by atoms with Crippen LogP contribution in [0.25, 0.3) is 11.1 Å². The lowest BCUT2D eigenvalue weighted by atomic mass is 10.0. The molecule has 0 N–H and O–H groups in total. The van der Waals surface area contributed by atoms with Crippen molar-refractivity contribution in [2.75, 3.05) is 4.90 Å². The van der Waals surface area contributed by atoms with Crippen LogP contribution in [0.4, 0.5) is 17.1 Å². The van der Waals surface area contributed by atoms with Gasteiger partial charge < -0.3 is 0 Å². The van der Waals surface area contributed by atoms with Gasteiger partial charge in [-0.1, -0.05) is 12.1 Å². The topological polar surface area (TPSA) is 62.1 Å². The van der Waals surface area contributed by atoms with Crippen LogP contribution in [-0.2, 0) is 9.59 Å². The van der Waals surface area contributed by atoms with E-state index in [9.17, 15) is 9.59 Å². The van der Waals surface area contributed by atoms with E-state index in [4.69, 9.17) is 0 Å². The lowest BCUT2D eigenvalue weighted by molar-refractivity contribution is -0.119. The Morgan fingerprint density at radius 1 is 0.810 bits per heavy atom. The summed E-state index contributed by atoms with van der Waals surface area (Å²) in [6.07, 6.45) is 2.55. The molecule has 0 saturated heterocycles. The van der Waals surface area contributed by atoms with Gasteiger partial charge in [0.25, 0.3) is 11.8 Å². The first-order valence-corrected chi connectivity index (χ1v) is 6.45. The highest BCUT2D eigenvalue weighted by Gasteiger charge is 2.25. The van der Waals surface area contributed by atoms with Gasteiger partial charge in [-0.25, -0.2) is 4.90 Å². The SMILES string of the molecule is O=C1C=CC(=O)N1c1ccc(-c2ccc3cc2N=N3)cc1. The van der Waals surface area contributed by atoms with Gasteiger partial charge in [0.15, 0.2) is 0 Å². The number of azo groups is 1. The first kappa shape index (κ1) is 11.7. The number of benzene rings is 2. The van der Waals surface area contributed by atoms with Crippen molar-refractivity contribution >= 4 is 28.9 Å². The minimum atomic E-state index is -0.315. The molecule has 0 aliphatic carbocycles. The van der Waals surface area contributed by atoms with Gasteiger partial charge in [0, 0.05) is 17.7 Å². The number of fused-ring (bicyclic) bond motifs is 2. The average molecular weight is 275 g/mol. The van der Waals surface area contributed by atoms with E-state index >= 15 is 0 Å². The quantitative estimate of drug-likeness (QED) is 0.672. The molecule has 0 unspecified atom stereocenters. The number of hydrogen-bond donors (Lipinski definition) is 0. The van der Waals surface area contributed by atoms with Gasteiger partial charge in [-0.05, 0) is 35.9 Å². The molecule has 21 heavy (non-hydrogen) atoms. The molecule has 0 saturated carbocycles. The molecular formula is C16H9N3O2. The van der Waals surface area contributed by atoms with Gasteiger partial charge in [-0.3, -0.25) is 9.59 Å². The van der Waals surface area contributed by atoms with Gasteiger partial charge in [0.05, 0.1) is 17.1 Å². The fraction of sp³-hybridized carbons (Fsp3) is 0. The van der Waals surface area contributed by atoms with Crippen LogP contribution in [0.1, 0.15) is 0 Å². The van der Waals surface area contributed by atoms with Crippen molar-refractivity contribution in [1.29, 1.82) is 0 Å². The number of carbonyl (C=O) groups excluding carboxylic acids is 2. The van der Waals surface area contributed by atoms with E-state index in [1.165, 1.54) is 12.2 Å². The first-order chi connectivity index (χ1) is 10.2. The summed E-state index contributed by atoms with van der Waals surface area (Å²) < 4.78 is 0. The average Bonchev–Trinajstić information content (AvgIpc) is 3.03. The molecule has 2 amide bonds. The molecule has 0 fully saturated rings. The van der Waals surface area contributed by atoms with E-state index in [2.05, 4.69) is 10.2 Å². The van der Waals surface area contributed by atoms with Crippen LogP contribution in [0.2, 0.25) is 0 Å². The molecule has 0 atom stereocenters. The molecule has 2 heterocycles. The summed E-state index contributed by atoms with van der Waals surface area (Å²) in [7, 11) is 0. The number of hydrogen-bond acceptors (Lipinski definition) is 4. The van der Waals surface area contributed by atoms with Crippen LogP contribution in [0, 0.1) is 0 Å². The molecule has 2 bridgehead atoms. The number of imide groups is 1. The Morgan fingerprint density at radius 2 is 1.52 bits per heavy atom. The van der Waals surface area contributed by atoms with E-state index in [-0.39, 0.29) is 11.8 Å². The number of amides is 2. The van der Waals surface area contributed by atoms with Crippen molar-refractivity contribution < 1.29 is 9.59 Å². The fourth-order valence-corrected chi connectivity index (χ4v) is 2.47.